The number of para-hydroxylation sites is 1. The molecule has 0 aliphatic carbocycles. The minimum absolute atomic E-state index is 0.599. The Morgan fingerprint density at radius 1 is 0.769 bits per heavy atom. The van der Waals surface area contributed by atoms with Crippen molar-refractivity contribution >= 4 is 0 Å². The normalized spacial score (nSPS) is 13.3. The van der Waals surface area contributed by atoms with Gasteiger partial charge in [0.05, 0.1) is 26.8 Å². The minimum Gasteiger partial charge on any atom is -0.491 e. The van der Waals surface area contributed by atoms with E-state index in [9.17, 15) is 0 Å². The number of ether oxygens (including phenoxy) is 2. The summed E-state index contributed by atoms with van der Waals surface area (Å²) in [5.41, 5.74) is 1.40. The molecule has 0 saturated heterocycles. The van der Waals surface area contributed by atoms with E-state index in [0.29, 0.717) is 13.2 Å². The largest absolute Gasteiger partial charge is 0.491 e. The molecule has 0 spiro atoms. The van der Waals surface area contributed by atoms with Crippen LogP contribution in [0.1, 0.15) is 31.7 Å². The number of quaternary nitrogens is 1. The van der Waals surface area contributed by atoms with Crippen LogP contribution in [0.3, 0.4) is 0 Å². The highest BCUT2D eigenvalue weighted by atomic mass is 16.5. The lowest BCUT2D eigenvalue weighted by Crippen LogP contribution is -2.46. The van der Waals surface area contributed by atoms with Crippen molar-refractivity contribution in [1.29, 1.82) is 0 Å². The summed E-state index contributed by atoms with van der Waals surface area (Å²) in [6.45, 7) is 7.56. The first kappa shape index (κ1) is 20.5. The molecule has 0 aromatic heterocycles. The molecule has 0 radical (unpaired) electrons. The molecule has 3 heteroatoms. The molecular formula is C23H34NO2+. The number of likely N-dealkylation sites (N-methyl/N-ethyl adjacent to an activating group) is 1. The Labute approximate surface area is 159 Å². The maximum absolute atomic E-state index is 5.85. The Kier molecular flexibility index (Phi) is 9.22. The zero-order valence-corrected chi connectivity index (χ0v) is 16.4. The van der Waals surface area contributed by atoms with E-state index in [2.05, 4.69) is 44.3 Å². The summed E-state index contributed by atoms with van der Waals surface area (Å²) in [6, 6.07) is 20.7. The lowest BCUT2D eigenvalue weighted by molar-refractivity contribution is -0.923. The average molecular weight is 357 g/mol. The number of nitrogens with zero attached hydrogens (tertiary/aromatic N) is 1. The van der Waals surface area contributed by atoms with Crippen molar-refractivity contribution < 1.29 is 14.0 Å². The zero-order valence-electron chi connectivity index (χ0n) is 16.4. The molecule has 2 aromatic carbocycles. The van der Waals surface area contributed by atoms with Crippen molar-refractivity contribution in [3.8, 4) is 5.75 Å². The van der Waals surface area contributed by atoms with Gasteiger partial charge in [-0.15, -0.1) is 0 Å². The molecule has 0 aliphatic rings. The van der Waals surface area contributed by atoms with Gasteiger partial charge in [-0.1, -0.05) is 61.9 Å². The van der Waals surface area contributed by atoms with E-state index in [-0.39, 0.29) is 0 Å². The predicted molar refractivity (Wildman–Crippen MR) is 108 cm³/mol. The molecule has 1 atom stereocenters. The standard InChI is InChI=1S/C23H34NO2/c1-3-4-11-16-24(2,21-22-12-7-5-8-13-22)17-18-25-19-20-26-23-14-9-6-10-15-23/h5-10,12-15H,3-4,11,16-21H2,1-2H3/q+1. The number of benzene rings is 2. The van der Waals surface area contributed by atoms with Gasteiger partial charge in [0.15, 0.2) is 0 Å². The van der Waals surface area contributed by atoms with E-state index < -0.39 is 0 Å². The van der Waals surface area contributed by atoms with Gasteiger partial charge >= 0.3 is 0 Å². The Hall–Kier alpha value is -1.84. The van der Waals surface area contributed by atoms with Gasteiger partial charge in [0.25, 0.3) is 0 Å². The first-order chi connectivity index (χ1) is 12.7. The maximum atomic E-state index is 5.85. The quantitative estimate of drug-likeness (QED) is 0.375. The molecule has 2 rings (SSSR count). The Morgan fingerprint density at radius 2 is 1.46 bits per heavy atom. The van der Waals surface area contributed by atoms with Crippen molar-refractivity contribution in [3.63, 3.8) is 0 Å². The monoisotopic (exact) mass is 356 g/mol. The van der Waals surface area contributed by atoms with Crippen LogP contribution in [0.25, 0.3) is 0 Å². The highest BCUT2D eigenvalue weighted by Crippen LogP contribution is 2.14. The van der Waals surface area contributed by atoms with Gasteiger partial charge < -0.3 is 14.0 Å². The summed E-state index contributed by atoms with van der Waals surface area (Å²) in [4.78, 5) is 0. The molecule has 2 aromatic rings. The van der Waals surface area contributed by atoms with Crippen LogP contribution in [0.5, 0.6) is 5.75 Å². The van der Waals surface area contributed by atoms with Crippen molar-refractivity contribution in [2.75, 3.05) is 40.0 Å². The maximum Gasteiger partial charge on any atom is 0.119 e. The lowest BCUT2D eigenvalue weighted by Gasteiger charge is -2.35. The zero-order chi connectivity index (χ0) is 18.5. The summed E-state index contributed by atoms with van der Waals surface area (Å²) in [5.74, 6) is 0.903. The number of unbranched alkanes of at least 4 members (excludes halogenated alkanes) is 2. The fourth-order valence-electron chi connectivity index (χ4n) is 3.16. The van der Waals surface area contributed by atoms with E-state index in [4.69, 9.17) is 9.47 Å². The van der Waals surface area contributed by atoms with E-state index in [1.807, 2.05) is 30.3 Å². The summed E-state index contributed by atoms with van der Waals surface area (Å²) in [5, 5.41) is 0. The van der Waals surface area contributed by atoms with Crippen LogP contribution in [0.15, 0.2) is 60.7 Å². The third-order valence-electron chi connectivity index (χ3n) is 4.72. The second-order valence-electron chi connectivity index (χ2n) is 7.19. The van der Waals surface area contributed by atoms with Crippen LogP contribution >= 0.6 is 0 Å². The fourth-order valence-corrected chi connectivity index (χ4v) is 3.16. The van der Waals surface area contributed by atoms with Crippen LogP contribution in [0, 0.1) is 0 Å². The van der Waals surface area contributed by atoms with Gasteiger partial charge in [-0.05, 0) is 25.0 Å². The van der Waals surface area contributed by atoms with Crippen molar-refractivity contribution in [2.45, 2.75) is 32.7 Å². The summed E-state index contributed by atoms with van der Waals surface area (Å²) >= 11 is 0. The van der Waals surface area contributed by atoms with E-state index in [1.54, 1.807) is 0 Å². The van der Waals surface area contributed by atoms with Gasteiger partial charge in [-0.2, -0.15) is 0 Å². The Morgan fingerprint density at radius 3 is 2.15 bits per heavy atom. The fraction of sp³-hybridized carbons (Fsp3) is 0.478. The van der Waals surface area contributed by atoms with Crippen LogP contribution in [0.4, 0.5) is 0 Å². The molecular weight excluding hydrogens is 322 g/mol. The SMILES string of the molecule is CCCCC[N+](C)(CCOCCOc1ccccc1)Cc1ccccc1. The van der Waals surface area contributed by atoms with Crippen LogP contribution in [0.2, 0.25) is 0 Å². The molecule has 0 N–H and O–H groups in total. The van der Waals surface area contributed by atoms with Gasteiger partial charge in [0.1, 0.15) is 25.4 Å². The van der Waals surface area contributed by atoms with E-state index in [0.717, 1.165) is 29.9 Å². The third kappa shape index (κ3) is 8.03. The topological polar surface area (TPSA) is 18.5 Å². The highest BCUT2D eigenvalue weighted by Gasteiger charge is 2.21. The summed E-state index contributed by atoms with van der Waals surface area (Å²) < 4.78 is 12.6. The highest BCUT2D eigenvalue weighted by molar-refractivity contribution is 5.20. The second kappa shape index (κ2) is 11.7. The van der Waals surface area contributed by atoms with Crippen LogP contribution < -0.4 is 4.74 Å². The second-order valence-corrected chi connectivity index (χ2v) is 7.19. The first-order valence-corrected chi connectivity index (χ1v) is 9.85. The molecule has 0 aliphatic heterocycles. The number of hydrogen-bond acceptors (Lipinski definition) is 2. The molecule has 0 saturated carbocycles. The first-order valence-electron chi connectivity index (χ1n) is 9.85. The Balaban J connectivity index is 1.73. The van der Waals surface area contributed by atoms with Crippen molar-refractivity contribution in [1.82, 2.24) is 0 Å². The smallest absolute Gasteiger partial charge is 0.119 e. The van der Waals surface area contributed by atoms with Gasteiger partial charge in [0, 0.05) is 5.56 Å². The summed E-state index contributed by atoms with van der Waals surface area (Å²) in [6.07, 6.45) is 3.84. The van der Waals surface area contributed by atoms with Crippen LogP contribution in [-0.4, -0.2) is 44.4 Å². The van der Waals surface area contributed by atoms with Crippen molar-refractivity contribution in [3.05, 3.63) is 66.2 Å². The van der Waals surface area contributed by atoms with E-state index in [1.165, 1.54) is 31.4 Å². The summed E-state index contributed by atoms with van der Waals surface area (Å²) in [7, 11) is 2.35. The van der Waals surface area contributed by atoms with Gasteiger partial charge in [-0.3, -0.25) is 0 Å². The molecule has 0 fully saturated rings. The molecule has 0 amide bonds. The van der Waals surface area contributed by atoms with Crippen molar-refractivity contribution in [2.24, 2.45) is 0 Å². The van der Waals surface area contributed by atoms with Crippen LogP contribution in [-0.2, 0) is 11.3 Å². The molecule has 0 bridgehead atoms. The average Bonchev–Trinajstić information content (AvgIpc) is 2.66. The molecule has 142 valence electrons. The molecule has 26 heavy (non-hydrogen) atoms. The third-order valence-corrected chi connectivity index (χ3v) is 4.72. The molecule has 0 heterocycles. The molecule has 3 nitrogen and oxygen atoms in total. The molecule has 1 unspecified atom stereocenters. The number of rotatable bonds is 13. The predicted octanol–water partition coefficient (Wildman–Crippen LogP) is 4.92. The van der Waals surface area contributed by atoms with Gasteiger partial charge in [-0.25, -0.2) is 0 Å². The lowest BCUT2D eigenvalue weighted by atomic mass is 10.1. The van der Waals surface area contributed by atoms with Gasteiger partial charge in [0.2, 0.25) is 0 Å². The minimum atomic E-state index is 0.599. The Bertz CT molecular complexity index is 588. The number of hydrogen-bond donors (Lipinski definition) is 0. The van der Waals surface area contributed by atoms with E-state index >= 15 is 0 Å².